The van der Waals surface area contributed by atoms with Gasteiger partial charge in [0.1, 0.15) is 17.8 Å². The molecule has 0 fully saturated rings. The molecule has 1 N–H and O–H groups in total. The number of halogens is 1. The van der Waals surface area contributed by atoms with Gasteiger partial charge in [0.15, 0.2) is 0 Å². The normalized spacial score (nSPS) is 10.6. The van der Waals surface area contributed by atoms with Crippen LogP contribution in [0.1, 0.15) is 12.7 Å². The summed E-state index contributed by atoms with van der Waals surface area (Å²) in [5, 5.41) is 0.573. The Morgan fingerprint density at radius 1 is 1.56 bits per heavy atom. The number of ether oxygens (including phenoxy) is 1. The van der Waals surface area contributed by atoms with Crippen LogP contribution in [0.15, 0.2) is 18.2 Å². The van der Waals surface area contributed by atoms with Gasteiger partial charge in [0.05, 0.1) is 17.1 Å². The molecule has 1 aromatic carbocycles. The SMILES string of the molecule is CCOC(=O)Cc1nc2c(Cl)cccc2[nH]1. The number of imidazole rings is 1. The van der Waals surface area contributed by atoms with Crippen molar-refractivity contribution in [1.29, 1.82) is 0 Å². The summed E-state index contributed by atoms with van der Waals surface area (Å²) in [5.41, 5.74) is 1.51. The highest BCUT2D eigenvalue weighted by Crippen LogP contribution is 2.20. The third-order valence-corrected chi connectivity index (χ3v) is 2.43. The van der Waals surface area contributed by atoms with Gasteiger partial charge in [-0.15, -0.1) is 0 Å². The molecule has 1 heterocycles. The Hall–Kier alpha value is -1.55. The average Bonchev–Trinajstić information content (AvgIpc) is 2.62. The molecule has 1 aromatic heterocycles. The molecule has 5 heteroatoms. The van der Waals surface area contributed by atoms with Crippen LogP contribution >= 0.6 is 11.6 Å². The van der Waals surface area contributed by atoms with Gasteiger partial charge in [-0.05, 0) is 19.1 Å². The Kier molecular flexibility index (Phi) is 3.10. The van der Waals surface area contributed by atoms with Gasteiger partial charge >= 0.3 is 5.97 Å². The molecule has 0 bridgehead atoms. The summed E-state index contributed by atoms with van der Waals surface area (Å²) in [7, 11) is 0. The molecule has 0 atom stereocenters. The van der Waals surface area contributed by atoms with Crippen LogP contribution in [0, 0.1) is 0 Å². The van der Waals surface area contributed by atoms with Crippen molar-refractivity contribution in [3.63, 3.8) is 0 Å². The Morgan fingerprint density at radius 2 is 2.38 bits per heavy atom. The lowest BCUT2D eigenvalue weighted by Crippen LogP contribution is -2.08. The first kappa shape index (κ1) is 11.0. The van der Waals surface area contributed by atoms with E-state index in [1.807, 2.05) is 12.1 Å². The van der Waals surface area contributed by atoms with Gasteiger partial charge in [-0.3, -0.25) is 4.79 Å². The second kappa shape index (κ2) is 4.53. The number of carbonyl (C=O) groups excluding carboxylic acids is 1. The van der Waals surface area contributed by atoms with Gasteiger partial charge in [-0.2, -0.15) is 0 Å². The van der Waals surface area contributed by atoms with Gasteiger partial charge in [0.25, 0.3) is 0 Å². The van der Waals surface area contributed by atoms with E-state index in [2.05, 4.69) is 9.97 Å². The van der Waals surface area contributed by atoms with Gasteiger partial charge in [0.2, 0.25) is 0 Å². The highest BCUT2D eigenvalue weighted by Gasteiger charge is 2.10. The number of nitrogens with one attached hydrogen (secondary N) is 1. The zero-order chi connectivity index (χ0) is 11.5. The van der Waals surface area contributed by atoms with E-state index in [4.69, 9.17) is 16.3 Å². The van der Waals surface area contributed by atoms with Gasteiger partial charge < -0.3 is 9.72 Å². The zero-order valence-corrected chi connectivity index (χ0v) is 9.54. The number of esters is 1. The minimum Gasteiger partial charge on any atom is -0.466 e. The van der Waals surface area contributed by atoms with Crippen LogP contribution in [0.25, 0.3) is 11.0 Å². The minimum atomic E-state index is -0.294. The first-order chi connectivity index (χ1) is 7.70. The second-order valence-electron chi connectivity index (χ2n) is 3.30. The van der Waals surface area contributed by atoms with E-state index in [9.17, 15) is 4.79 Å². The van der Waals surface area contributed by atoms with Gasteiger partial charge in [-0.25, -0.2) is 4.98 Å². The first-order valence-corrected chi connectivity index (χ1v) is 5.37. The van der Waals surface area contributed by atoms with E-state index >= 15 is 0 Å². The molecule has 0 aliphatic heterocycles. The summed E-state index contributed by atoms with van der Waals surface area (Å²) in [4.78, 5) is 18.5. The van der Waals surface area contributed by atoms with Crippen molar-refractivity contribution in [3.8, 4) is 0 Å². The molecule has 2 aromatic rings. The van der Waals surface area contributed by atoms with Crippen molar-refractivity contribution >= 4 is 28.6 Å². The van der Waals surface area contributed by atoms with Gasteiger partial charge in [-0.1, -0.05) is 17.7 Å². The lowest BCUT2D eigenvalue weighted by molar-refractivity contribution is -0.142. The highest BCUT2D eigenvalue weighted by molar-refractivity contribution is 6.34. The van der Waals surface area contributed by atoms with Crippen LogP contribution in [-0.4, -0.2) is 22.5 Å². The molecular weight excluding hydrogens is 228 g/mol. The maximum Gasteiger partial charge on any atom is 0.313 e. The van der Waals surface area contributed by atoms with E-state index in [0.717, 1.165) is 5.52 Å². The molecule has 4 nitrogen and oxygen atoms in total. The number of benzene rings is 1. The second-order valence-corrected chi connectivity index (χ2v) is 3.71. The molecule has 0 saturated carbocycles. The number of nitrogens with zero attached hydrogens (tertiary/aromatic N) is 1. The number of H-pyrrole nitrogens is 1. The van der Waals surface area contributed by atoms with Crippen molar-refractivity contribution in [3.05, 3.63) is 29.0 Å². The predicted molar refractivity (Wildman–Crippen MR) is 61.4 cm³/mol. The van der Waals surface area contributed by atoms with Crippen LogP contribution < -0.4 is 0 Å². The van der Waals surface area contributed by atoms with Crippen LogP contribution in [0.3, 0.4) is 0 Å². The number of hydrogen-bond acceptors (Lipinski definition) is 3. The largest absolute Gasteiger partial charge is 0.466 e. The Labute approximate surface area is 97.6 Å². The molecule has 0 saturated heterocycles. The minimum absolute atomic E-state index is 0.138. The Balaban J connectivity index is 2.26. The number of aromatic nitrogens is 2. The fourth-order valence-electron chi connectivity index (χ4n) is 1.48. The maximum absolute atomic E-state index is 11.3. The monoisotopic (exact) mass is 238 g/mol. The summed E-state index contributed by atoms with van der Waals surface area (Å²) < 4.78 is 4.84. The smallest absolute Gasteiger partial charge is 0.313 e. The lowest BCUT2D eigenvalue weighted by atomic mass is 10.3. The van der Waals surface area contributed by atoms with Crippen LogP contribution in [-0.2, 0) is 16.0 Å². The van der Waals surface area contributed by atoms with E-state index < -0.39 is 0 Å². The molecule has 16 heavy (non-hydrogen) atoms. The number of carbonyl (C=O) groups is 1. The van der Waals surface area contributed by atoms with E-state index in [1.54, 1.807) is 13.0 Å². The molecule has 2 rings (SSSR count). The third-order valence-electron chi connectivity index (χ3n) is 2.13. The standard InChI is InChI=1S/C11H11ClN2O2/c1-2-16-10(15)6-9-13-8-5-3-4-7(12)11(8)14-9/h3-5H,2,6H2,1H3,(H,13,14). The van der Waals surface area contributed by atoms with E-state index in [-0.39, 0.29) is 12.4 Å². The fourth-order valence-corrected chi connectivity index (χ4v) is 1.70. The topological polar surface area (TPSA) is 55.0 Å². The fraction of sp³-hybridized carbons (Fsp3) is 0.273. The van der Waals surface area contributed by atoms with E-state index in [0.29, 0.717) is 23.0 Å². The number of rotatable bonds is 3. The van der Waals surface area contributed by atoms with Gasteiger partial charge in [0, 0.05) is 0 Å². The van der Waals surface area contributed by atoms with Crippen molar-refractivity contribution in [1.82, 2.24) is 9.97 Å². The number of aromatic amines is 1. The van der Waals surface area contributed by atoms with Crippen LogP contribution in [0.4, 0.5) is 0 Å². The molecule has 0 amide bonds. The third kappa shape index (κ3) is 2.17. The van der Waals surface area contributed by atoms with E-state index in [1.165, 1.54) is 0 Å². The quantitative estimate of drug-likeness (QED) is 0.835. The molecular formula is C11H11ClN2O2. The predicted octanol–water partition coefficient (Wildman–Crippen LogP) is 2.32. The van der Waals surface area contributed by atoms with Crippen molar-refractivity contribution in [2.45, 2.75) is 13.3 Å². The lowest BCUT2D eigenvalue weighted by Gasteiger charge is -1.97. The van der Waals surface area contributed by atoms with Crippen molar-refractivity contribution in [2.75, 3.05) is 6.61 Å². The molecule has 0 aliphatic carbocycles. The van der Waals surface area contributed by atoms with Crippen molar-refractivity contribution in [2.24, 2.45) is 0 Å². The van der Waals surface area contributed by atoms with Crippen molar-refractivity contribution < 1.29 is 9.53 Å². The molecule has 0 spiro atoms. The molecule has 0 radical (unpaired) electrons. The Morgan fingerprint density at radius 3 is 3.06 bits per heavy atom. The highest BCUT2D eigenvalue weighted by atomic mass is 35.5. The molecule has 0 aliphatic rings. The number of para-hydroxylation sites is 1. The summed E-state index contributed by atoms with van der Waals surface area (Å²) in [6, 6.07) is 5.46. The number of hydrogen-bond donors (Lipinski definition) is 1. The number of fused-ring (bicyclic) bond motifs is 1. The molecule has 0 unspecified atom stereocenters. The zero-order valence-electron chi connectivity index (χ0n) is 8.79. The summed E-state index contributed by atoms with van der Waals surface area (Å²) in [5.74, 6) is 0.277. The average molecular weight is 239 g/mol. The summed E-state index contributed by atoms with van der Waals surface area (Å²) in [6.07, 6.45) is 0.138. The summed E-state index contributed by atoms with van der Waals surface area (Å²) >= 11 is 5.97. The van der Waals surface area contributed by atoms with Crippen LogP contribution in [0.2, 0.25) is 5.02 Å². The summed E-state index contributed by atoms with van der Waals surface area (Å²) in [6.45, 7) is 2.15. The Bertz CT molecular complexity index is 522. The maximum atomic E-state index is 11.3. The molecule has 84 valence electrons. The van der Waals surface area contributed by atoms with Crippen LogP contribution in [0.5, 0.6) is 0 Å². The first-order valence-electron chi connectivity index (χ1n) is 4.99.